The van der Waals surface area contributed by atoms with E-state index in [1.165, 1.54) is 12.1 Å². The van der Waals surface area contributed by atoms with Gasteiger partial charge in [-0.25, -0.2) is 9.07 Å². The Morgan fingerprint density at radius 2 is 2.16 bits per heavy atom. The zero-order valence-corrected chi connectivity index (χ0v) is 11.2. The van der Waals surface area contributed by atoms with Crippen LogP contribution in [0.4, 0.5) is 4.39 Å². The van der Waals surface area contributed by atoms with E-state index in [9.17, 15) is 9.18 Å². The lowest BCUT2D eigenvalue weighted by Crippen LogP contribution is -2.03. The van der Waals surface area contributed by atoms with Crippen LogP contribution in [0.5, 0.6) is 0 Å². The average molecular weight is 283 g/mol. The molecule has 2 aromatic rings. The molecule has 1 aromatic carbocycles. The highest BCUT2D eigenvalue weighted by molar-refractivity contribution is 6.30. The van der Waals surface area contributed by atoms with Crippen molar-refractivity contribution in [2.75, 3.05) is 0 Å². The van der Waals surface area contributed by atoms with Gasteiger partial charge < -0.3 is 5.11 Å². The normalized spacial score (nSPS) is 10.7. The monoisotopic (exact) mass is 282 g/mol. The number of benzene rings is 1. The minimum absolute atomic E-state index is 0.00448. The summed E-state index contributed by atoms with van der Waals surface area (Å²) in [6, 6.07) is 4.26. The van der Waals surface area contributed by atoms with Crippen LogP contribution in [0, 0.1) is 19.7 Å². The van der Waals surface area contributed by atoms with Gasteiger partial charge in [-0.1, -0.05) is 11.6 Å². The number of carboxylic acid groups (broad SMARTS) is 1. The molecule has 0 aliphatic heterocycles. The standard InChI is InChI=1S/C13H12ClFN2O2/c1-7-10(6-13(18)19)8(2)17(16-7)9-3-4-12(15)11(14)5-9/h3-5H,6H2,1-2H3,(H,18,19). The van der Waals surface area contributed by atoms with Crippen LogP contribution in [0.1, 0.15) is 17.0 Å². The zero-order chi connectivity index (χ0) is 14.2. The van der Waals surface area contributed by atoms with E-state index in [2.05, 4.69) is 5.10 Å². The van der Waals surface area contributed by atoms with Gasteiger partial charge in [0, 0.05) is 11.3 Å². The summed E-state index contributed by atoms with van der Waals surface area (Å²) in [7, 11) is 0. The van der Waals surface area contributed by atoms with Crippen LogP contribution in [0.3, 0.4) is 0 Å². The summed E-state index contributed by atoms with van der Waals surface area (Å²) in [6.45, 7) is 3.52. The quantitative estimate of drug-likeness (QED) is 0.942. The maximum Gasteiger partial charge on any atom is 0.307 e. The second kappa shape index (κ2) is 5.01. The van der Waals surface area contributed by atoms with Gasteiger partial charge in [0.2, 0.25) is 0 Å². The summed E-state index contributed by atoms with van der Waals surface area (Å²) in [6.07, 6.45) is -0.0907. The Hall–Kier alpha value is -1.88. The van der Waals surface area contributed by atoms with Crippen LogP contribution in [0.15, 0.2) is 18.2 Å². The number of halogens is 2. The lowest BCUT2D eigenvalue weighted by atomic mass is 10.1. The van der Waals surface area contributed by atoms with E-state index in [1.54, 1.807) is 24.6 Å². The number of aliphatic carboxylic acids is 1. The van der Waals surface area contributed by atoms with Gasteiger partial charge in [-0.05, 0) is 32.0 Å². The van der Waals surface area contributed by atoms with Crippen LogP contribution in [0.25, 0.3) is 5.69 Å². The molecule has 100 valence electrons. The van der Waals surface area contributed by atoms with E-state index in [4.69, 9.17) is 16.7 Å². The van der Waals surface area contributed by atoms with Crippen molar-refractivity contribution in [3.8, 4) is 5.69 Å². The highest BCUT2D eigenvalue weighted by Gasteiger charge is 2.15. The number of aromatic nitrogens is 2. The van der Waals surface area contributed by atoms with E-state index in [0.717, 1.165) is 0 Å². The first-order valence-corrected chi connectivity index (χ1v) is 6.00. The van der Waals surface area contributed by atoms with Gasteiger partial charge in [-0.3, -0.25) is 4.79 Å². The van der Waals surface area contributed by atoms with Crippen molar-refractivity contribution in [3.05, 3.63) is 46.0 Å². The van der Waals surface area contributed by atoms with Gasteiger partial charge >= 0.3 is 5.97 Å². The third-order valence-corrected chi connectivity index (χ3v) is 3.21. The topological polar surface area (TPSA) is 55.1 Å². The van der Waals surface area contributed by atoms with Crippen LogP contribution in [0.2, 0.25) is 5.02 Å². The van der Waals surface area contributed by atoms with E-state index in [-0.39, 0.29) is 11.4 Å². The molecule has 0 fully saturated rings. The molecule has 0 spiro atoms. The molecule has 1 aromatic heterocycles. The van der Waals surface area contributed by atoms with Crippen LogP contribution < -0.4 is 0 Å². The Labute approximate surface area is 114 Å². The maximum absolute atomic E-state index is 13.1. The highest BCUT2D eigenvalue weighted by atomic mass is 35.5. The fraction of sp³-hybridized carbons (Fsp3) is 0.231. The largest absolute Gasteiger partial charge is 0.481 e. The van der Waals surface area contributed by atoms with E-state index in [0.29, 0.717) is 22.6 Å². The lowest BCUT2D eigenvalue weighted by molar-refractivity contribution is -0.136. The molecule has 0 aliphatic carbocycles. The van der Waals surface area contributed by atoms with Crippen molar-refractivity contribution in [3.63, 3.8) is 0 Å². The van der Waals surface area contributed by atoms with Gasteiger partial charge in [-0.15, -0.1) is 0 Å². The highest BCUT2D eigenvalue weighted by Crippen LogP contribution is 2.22. The first-order valence-electron chi connectivity index (χ1n) is 5.62. The Bertz CT molecular complexity index is 652. The third-order valence-electron chi connectivity index (χ3n) is 2.92. The molecule has 0 atom stereocenters. The van der Waals surface area contributed by atoms with Gasteiger partial charge in [0.05, 0.1) is 22.8 Å². The van der Waals surface area contributed by atoms with Crippen LogP contribution in [-0.2, 0) is 11.2 Å². The third kappa shape index (κ3) is 2.61. The summed E-state index contributed by atoms with van der Waals surface area (Å²) < 4.78 is 14.7. The van der Waals surface area contributed by atoms with Crippen molar-refractivity contribution in [2.45, 2.75) is 20.3 Å². The van der Waals surface area contributed by atoms with Gasteiger partial charge in [0.1, 0.15) is 5.82 Å². The summed E-state index contributed by atoms with van der Waals surface area (Å²) >= 11 is 5.74. The van der Waals surface area contributed by atoms with Crippen molar-refractivity contribution in [1.82, 2.24) is 9.78 Å². The molecule has 0 bridgehead atoms. The molecule has 0 saturated carbocycles. The maximum atomic E-state index is 13.1. The number of hydrogen-bond donors (Lipinski definition) is 1. The Morgan fingerprint density at radius 1 is 1.47 bits per heavy atom. The minimum atomic E-state index is -0.914. The number of nitrogens with zero attached hydrogens (tertiary/aromatic N) is 2. The molecule has 19 heavy (non-hydrogen) atoms. The predicted octanol–water partition coefficient (Wildman–Crippen LogP) is 2.91. The molecule has 4 nitrogen and oxygen atoms in total. The van der Waals surface area contributed by atoms with E-state index >= 15 is 0 Å². The molecule has 0 saturated heterocycles. The smallest absolute Gasteiger partial charge is 0.307 e. The number of hydrogen-bond acceptors (Lipinski definition) is 2. The lowest BCUT2D eigenvalue weighted by Gasteiger charge is -2.06. The van der Waals surface area contributed by atoms with Crippen molar-refractivity contribution < 1.29 is 14.3 Å². The van der Waals surface area contributed by atoms with Crippen LogP contribution >= 0.6 is 11.6 Å². The Kier molecular flexibility index (Phi) is 3.57. The van der Waals surface area contributed by atoms with Crippen molar-refractivity contribution in [2.24, 2.45) is 0 Å². The molecular weight excluding hydrogens is 271 g/mol. The summed E-state index contributed by atoms with van der Waals surface area (Å²) in [5.74, 6) is -1.42. The predicted molar refractivity (Wildman–Crippen MR) is 69.3 cm³/mol. The fourth-order valence-corrected chi connectivity index (χ4v) is 2.13. The Balaban J connectivity index is 2.51. The molecule has 1 N–H and O–H groups in total. The molecule has 6 heteroatoms. The number of carbonyl (C=O) groups is 1. The molecule has 1 heterocycles. The Morgan fingerprint density at radius 3 is 2.74 bits per heavy atom. The summed E-state index contributed by atoms with van der Waals surface area (Å²) in [5, 5.41) is 13.1. The second-order valence-corrected chi connectivity index (χ2v) is 4.64. The average Bonchev–Trinajstić information content (AvgIpc) is 2.60. The SMILES string of the molecule is Cc1nn(-c2ccc(F)c(Cl)c2)c(C)c1CC(=O)O. The summed E-state index contributed by atoms with van der Waals surface area (Å²) in [5.41, 5.74) is 2.61. The zero-order valence-electron chi connectivity index (χ0n) is 10.4. The number of rotatable bonds is 3. The molecular formula is C13H12ClFN2O2. The van der Waals surface area contributed by atoms with Gasteiger partial charge in [-0.2, -0.15) is 5.10 Å². The van der Waals surface area contributed by atoms with Crippen LogP contribution in [-0.4, -0.2) is 20.9 Å². The molecule has 0 amide bonds. The number of carboxylic acids is 1. The van der Waals surface area contributed by atoms with Crippen molar-refractivity contribution >= 4 is 17.6 Å². The first-order chi connectivity index (χ1) is 8.90. The number of aryl methyl sites for hydroxylation is 1. The molecule has 0 radical (unpaired) electrons. The molecule has 0 aliphatic rings. The second-order valence-electron chi connectivity index (χ2n) is 4.23. The first kappa shape index (κ1) is 13.5. The van der Waals surface area contributed by atoms with Gasteiger partial charge in [0.15, 0.2) is 0 Å². The fourth-order valence-electron chi connectivity index (χ4n) is 1.95. The summed E-state index contributed by atoms with van der Waals surface area (Å²) in [4.78, 5) is 10.8. The van der Waals surface area contributed by atoms with E-state index in [1.807, 2.05) is 0 Å². The minimum Gasteiger partial charge on any atom is -0.481 e. The van der Waals surface area contributed by atoms with E-state index < -0.39 is 11.8 Å². The van der Waals surface area contributed by atoms with Gasteiger partial charge in [0.25, 0.3) is 0 Å². The van der Waals surface area contributed by atoms with Crippen molar-refractivity contribution in [1.29, 1.82) is 0 Å². The molecule has 2 rings (SSSR count). The molecule has 0 unspecified atom stereocenters.